The summed E-state index contributed by atoms with van der Waals surface area (Å²) >= 11 is 0. The topological polar surface area (TPSA) is 62.5 Å². The first-order valence-electron chi connectivity index (χ1n) is 10.7. The number of carbonyl (C=O) groups is 1. The lowest BCUT2D eigenvalue weighted by molar-refractivity contribution is -0.137. The number of fused-ring (bicyclic) bond motifs is 1. The molecule has 0 radical (unpaired) electrons. The van der Waals surface area contributed by atoms with Gasteiger partial charge in [-0.3, -0.25) is 14.1 Å². The maximum absolute atomic E-state index is 13.2. The Morgan fingerprint density at radius 1 is 1.16 bits per heavy atom. The predicted molar refractivity (Wildman–Crippen MR) is 116 cm³/mol. The lowest BCUT2D eigenvalue weighted by Gasteiger charge is -2.35. The van der Waals surface area contributed by atoms with Crippen molar-refractivity contribution in [2.75, 3.05) is 18.4 Å². The lowest BCUT2D eigenvalue weighted by Crippen LogP contribution is -2.46. The normalized spacial score (nSPS) is 18.6. The molecule has 9 heteroatoms. The fraction of sp³-hybridized carbons (Fsp3) is 0.435. The third kappa shape index (κ3) is 4.48. The average Bonchev–Trinajstić information content (AvgIpc) is 3.18. The quantitative estimate of drug-likeness (QED) is 0.639. The van der Waals surface area contributed by atoms with E-state index in [-0.39, 0.29) is 17.9 Å². The Kier molecular flexibility index (Phi) is 5.94. The Balaban J connectivity index is 1.50. The molecule has 2 aromatic heterocycles. The Morgan fingerprint density at radius 3 is 2.66 bits per heavy atom. The highest BCUT2D eigenvalue weighted by atomic mass is 19.4. The maximum Gasteiger partial charge on any atom is 0.417 e. The van der Waals surface area contributed by atoms with Crippen molar-refractivity contribution in [3.63, 3.8) is 0 Å². The summed E-state index contributed by atoms with van der Waals surface area (Å²) in [4.78, 5) is 14.9. The van der Waals surface area contributed by atoms with Crippen molar-refractivity contribution in [3.8, 4) is 0 Å². The molecule has 0 saturated carbocycles. The average molecular weight is 445 g/mol. The molecule has 1 amide bonds. The first-order chi connectivity index (χ1) is 15.1. The van der Waals surface area contributed by atoms with Gasteiger partial charge >= 0.3 is 6.18 Å². The second kappa shape index (κ2) is 8.54. The van der Waals surface area contributed by atoms with Gasteiger partial charge in [-0.25, -0.2) is 0 Å². The van der Waals surface area contributed by atoms with Gasteiger partial charge in [0, 0.05) is 24.3 Å². The van der Waals surface area contributed by atoms with Crippen LogP contribution in [0, 0.1) is 13.8 Å². The summed E-state index contributed by atoms with van der Waals surface area (Å²) in [5.41, 5.74) is 2.65. The molecule has 1 aliphatic heterocycles. The van der Waals surface area contributed by atoms with Crippen LogP contribution < -0.4 is 5.32 Å². The van der Waals surface area contributed by atoms with Gasteiger partial charge in [0.05, 0.1) is 11.6 Å². The van der Waals surface area contributed by atoms with Crippen molar-refractivity contribution in [1.82, 2.24) is 19.5 Å². The number of halogens is 3. The van der Waals surface area contributed by atoms with Crippen molar-refractivity contribution in [1.29, 1.82) is 0 Å². The molecule has 2 unspecified atom stereocenters. The van der Waals surface area contributed by atoms with Crippen molar-refractivity contribution in [3.05, 3.63) is 59.0 Å². The number of hydrogen-bond acceptors (Lipinski definition) is 4. The number of anilines is 1. The smallest absolute Gasteiger partial charge is 0.325 e. The molecule has 1 aromatic carbocycles. The number of carbonyl (C=O) groups excluding carboxylic acids is 1. The number of alkyl halides is 3. The highest BCUT2D eigenvalue weighted by molar-refractivity contribution is 5.94. The molecule has 1 aliphatic rings. The second-order valence-corrected chi connectivity index (χ2v) is 8.50. The summed E-state index contributed by atoms with van der Waals surface area (Å²) in [7, 11) is 0. The van der Waals surface area contributed by atoms with Crippen LogP contribution in [0.15, 0.2) is 36.5 Å². The number of nitrogens with zero attached hydrogens (tertiary/aromatic N) is 4. The first kappa shape index (κ1) is 22.3. The zero-order valence-electron chi connectivity index (χ0n) is 18.3. The van der Waals surface area contributed by atoms with Crippen LogP contribution in [0.3, 0.4) is 0 Å². The van der Waals surface area contributed by atoms with Crippen molar-refractivity contribution in [2.45, 2.75) is 51.7 Å². The van der Waals surface area contributed by atoms with E-state index in [9.17, 15) is 18.0 Å². The number of likely N-dealkylation sites (tertiary alicyclic amines) is 1. The number of piperidine rings is 1. The van der Waals surface area contributed by atoms with Crippen molar-refractivity contribution >= 4 is 17.2 Å². The minimum absolute atomic E-state index is 0.112. The summed E-state index contributed by atoms with van der Waals surface area (Å²) in [6.07, 6.45) is -1.78. The van der Waals surface area contributed by atoms with Gasteiger partial charge in [-0.15, -0.1) is 10.2 Å². The first-order valence-corrected chi connectivity index (χ1v) is 10.7. The number of aromatic nitrogens is 3. The maximum atomic E-state index is 13.2. The second-order valence-electron chi connectivity index (χ2n) is 8.50. The molecule has 3 heterocycles. The van der Waals surface area contributed by atoms with E-state index in [1.54, 1.807) is 0 Å². The van der Waals surface area contributed by atoms with Gasteiger partial charge in [0.2, 0.25) is 5.91 Å². The number of pyridine rings is 1. The van der Waals surface area contributed by atoms with E-state index in [1.807, 2.05) is 39.0 Å². The van der Waals surface area contributed by atoms with Crippen LogP contribution in [-0.4, -0.2) is 44.5 Å². The van der Waals surface area contributed by atoms with E-state index in [0.29, 0.717) is 18.0 Å². The fourth-order valence-electron chi connectivity index (χ4n) is 4.16. The lowest BCUT2D eigenvalue weighted by atomic mass is 9.96. The molecule has 32 heavy (non-hydrogen) atoms. The SMILES string of the molecule is Cc1ccc(NC(=O)C(C)N2CCCC(c3nnc4ccc(C(F)(F)F)cn34)C2)cc1C. The summed E-state index contributed by atoms with van der Waals surface area (Å²) in [6.45, 7) is 7.13. The highest BCUT2D eigenvalue weighted by Crippen LogP contribution is 2.32. The van der Waals surface area contributed by atoms with Gasteiger partial charge in [-0.05, 0) is 75.5 Å². The Morgan fingerprint density at radius 2 is 1.94 bits per heavy atom. The Bertz CT molecular complexity index is 1140. The molecule has 0 spiro atoms. The number of hydrogen-bond donors (Lipinski definition) is 1. The minimum Gasteiger partial charge on any atom is -0.325 e. The van der Waals surface area contributed by atoms with Crippen LogP contribution in [-0.2, 0) is 11.0 Å². The van der Waals surface area contributed by atoms with Gasteiger partial charge < -0.3 is 5.32 Å². The van der Waals surface area contributed by atoms with Crippen LogP contribution in [0.2, 0.25) is 0 Å². The number of benzene rings is 1. The number of aryl methyl sites for hydroxylation is 2. The van der Waals surface area contributed by atoms with Crippen molar-refractivity contribution in [2.24, 2.45) is 0 Å². The summed E-state index contributed by atoms with van der Waals surface area (Å²) < 4.78 is 40.9. The third-order valence-electron chi connectivity index (χ3n) is 6.28. The summed E-state index contributed by atoms with van der Waals surface area (Å²) in [5.74, 6) is 0.274. The summed E-state index contributed by atoms with van der Waals surface area (Å²) in [6, 6.07) is 7.76. The minimum atomic E-state index is -4.44. The fourth-order valence-corrected chi connectivity index (χ4v) is 4.16. The van der Waals surface area contributed by atoms with Crippen LogP contribution in [0.1, 0.15) is 48.2 Å². The van der Waals surface area contributed by atoms with Crippen LogP contribution in [0.4, 0.5) is 18.9 Å². The van der Waals surface area contributed by atoms with Crippen LogP contribution in [0.5, 0.6) is 0 Å². The van der Waals surface area contributed by atoms with Gasteiger partial charge in [0.1, 0.15) is 5.82 Å². The highest BCUT2D eigenvalue weighted by Gasteiger charge is 2.33. The summed E-state index contributed by atoms with van der Waals surface area (Å²) in [5, 5.41) is 11.2. The molecule has 1 fully saturated rings. The molecular formula is C23H26F3N5O. The van der Waals surface area contributed by atoms with E-state index >= 15 is 0 Å². The Labute approximate surface area is 184 Å². The van der Waals surface area contributed by atoms with Gasteiger partial charge in [0.15, 0.2) is 5.65 Å². The molecule has 0 bridgehead atoms. The monoisotopic (exact) mass is 445 g/mol. The molecule has 3 aromatic rings. The third-order valence-corrected chi connectivity index (χ3v) is 6.28. The molecule has 6 nitrogen and oxygen atoms in total. The molecular weight excluding hydrogens is 419 g/mol. The van der Waals surface area contributed by atoms with Gasteiger partial charge in [-0.1, -0.05) is 6.07 Å². The number of rotatable bonds is 4. The molecule has 1 saturated heterocycles. The number of nitrogens with one attached hydrogen (secondary N) is 1. The van der Waals surface area contributed by atoms with Crippen molar-refractivity contribution < 1.29 is 18.0 Å². The van der Waals surface area contributed by atoms with E-state index in [1.165, 1.54) is 10.5 Å². The predicted octanol–water partition coefficient (Wildman–Crippen LogP) is 4.57. The van der Waals surface area contributed by atoms with E-state index in [0.717, 1.165) is 48.5 Å². The van der Waals surface area contributed by atoms with Crippen LogP contribution >= 0.6 is 0 Å². The van der Waals surface area contributed by atoms with Gasteiger partial charge in [0.25, 0.3) is 0 Å². The van der Waals surface area contributed by atoms with E-state index < -0.39 is 11.7 Å². The standard InChI is InChI=1S/C23H26F3N5O/c1-14-6-8-19(11-15(14)2)27-22(32)16(3)30-10-4-5-17(12-30)21-29-28-20-9-7-18(13-31(20)21)23(24,25)26/h6-9,11,13,16-17H,4-5,10,12H2,1-3H3,(H,27,32). The zero-order valence-corrected chi connectivity index (χ0v) is 18.3. The molecule has 1 N–H and O–H groups in total. The van der Waals surface area contributed by atoms with E-state index in [2.05, 4.69) is 20.4 Å². The number of amides is 1. The van der Waals surface area contributed by atoms with Crippen LogP contribution in [0.25, 0.3) is 5.65 Å². The molecule has 170 valence electrons. The molecule has 4 rings (SSSR count). The molecule has 0 aliphatic carbocycles. The largest absolute Gasteiger partial charge is 0.417 e. The van der Waals surface area contributed by atoms with Gasteiger partial charge in [-0.2, -0.15) is 13.2 Å². The molecule has 2 atom stereocenters. The zero-order chi connectivity index (χ0) is 23.0. The Hall–Kier alpha value is -2.94. The van der Waals surface area contributed by atoms with E-state index in [4.69, 9.17) is 0 Å².